The second-order valence-corrected chi connectivity index (χ2v) is 5.30. The number of nitrogens with zero attached hydrogens (tertiary/aromatic N) is 2. The number of nitriles is 1. The summed E-state index contributed by atoms with van der Waals surface area (Å²) >= 11 is 0. The lowest BCUT2D eigenvalue weighted by Crippen LogP contribution is -2.34. The molecule has 0 N–H and O–H groups in total. The third-order valence-electron chi connectivity index (χ3n) is 3.65. The Balaban J connectivity index is 2.19. The van der Waals surface area contributed by atoms with E-state index in [1.165, 1.54) is 11.1 Å². The summed E-state index contributed by atoms with van der Waals surface area (Å²) in [5, 5.41) is 9.10. The van der Waals surface area contributed by atoms with E-state index >= 15 is 0 Å². The molecule has 2 aromatic carbocycles. The van der Waals surface area contributed by atoms with E-state index in [1.54, 1.807) is 0 Å². The molecule has 0 amide bonds. The minimum absolute atomic E-state index is 0.0791. The van der Waals surface area contributed by atoms with Crippen molar-refractivity contribution in [1.82, 2.24) is 4.90 Å². The predicted molar refractivity (Wildman–Crippen MR) is 89.6 cm³/mol. The summed E-state index contributed by atoms with van der Waals surface area (Å²) in [6, 6.07) is 23.0. The highest BCUT2D eigenvalue weighted by molar-refractivity contribution is 5.17. The first-order valence-corrected chi connectivity index (χ1v) is 7.46. The van der Waals surface area contributed by atoms with Gasteiger partial charge in [0, 0.05) is 25.6 Å². The molecule has 1 atom stereocenters. The molecule has 0 radical (unpaired) electrons. The maximum Gasteiger partial charge on any atom is 0.0638 e. The fourth-order valence-corrected chi connectivity index (χ4v) is 2.52. The van der Waals surface area contributed by atoms with Crippen LogP contribution in [0.5, 0.6) is 0 Å². The van der Waals surface area contributed by atoms with Crippen molar-refractivity contribution < 1.29 is 0 Å². The van der Waals surface area contributed by atoms with Gasteiger partial charge in [0.2, 0.25) is 0 Å². The standard InChI is InChI=1S/C20H20N2/c1-2-9-20(14-15-21)22(16-18-10-5-3-6-11-18)17-19-12-7-4-8-13-19/h1,3-8,10-13,20H,9,14,16-17H2. The number of rotatable bonds is 7. The molecule has 110 valence electrons. The highest BCUT2D eigenvalue weighted by Gasteiger charge is 2.18. The van der Waals surface area contributed by atoms with Gasteiger partial charge in [-0.2, -0.15) is 5.26 Å². The van der Waals surface area contributed by atoms with Gasteiger partial charge in [0.1, 0.15) is 0 Å². The van der Waals surface area contributed by atoms with Crippen molar-refractivity contribution in [3.8, 4) is 18.4 Å². The second kappa shape index (κ2) is 8.67. The van der Waals surface area contributed by atoms with Gasteiger partial charge in [0.25, 0.3) is 0 Å². The van der Waals surface area contributed by atoms with E-state index in [9.17, 15) is 0 Å². The van der Waals surface area contributed by atoms with Crippen molar-refractivity contribution in [2.75, 3.05) is 0 Å². The molecule has 0 aliphatic rings. The molecule has 0 bridgehead atoms. The van der Waals surface area contributed by atoms with E-state index < -0.39 is 0 Å². The zero-order valence-corrected chi connectivity index (χ0v) is 12.7. The third kappa shape index (κ3) is 4.77. The summed E-state index contributed by atoms with van der Waals surface area (Å²) in [6.45, 7) is 1.59. The average Bonchev–Trinajstić information content (AvgIpc) is 2.56. The van der Waals surface area contributed by atoms with E-state index in [0.717, 1.165) is 13.1 Å². The molecular formula is C20H20N2. The van der Waals surface area contributed by atoms with Crippen molar-refractivity contribution in [2.45, 2.75) is 32.0 Å². The maximum absolute atomic E-state index is 9.10. The first-order chi connectivity index (χ1) is 10.8. The molecule has 22 heavy (non-hydrogen) atoms. The fourth-order valence-electron chi connectivity index (χ4n) is 2.52. The predicted octanol–water partition coefficient (Wildman–Crippen LogP) is 3.99. The molecule has 2 nitrogen and oxygen atoms in total. The quantitative estimate of drug-likeness (QED) is 0.720. The highest BCUT2D eigenvalue weighted by atomic mass is 15.1. The Morgan fingerprint density at radius 3 is 1.77 bits per heavy atom. The monoisotopic (exact) mass is 288 g/mol. The summed E-state index contributed by atoms with van der Waals surface area (Å²) < 4.78 is 0. The van der Waals surface area contributed by atoms with E-state index in [4.69, 9.17) is 11.7 Å². The van der Waals surface area contributed by atoms with Gasteiger partial charge in [-0.15, -0.1) is 12.3 Å². The number of benzene rings is 2. The van der Waals surface area contributed by atoms with Crippen LogP contribution >= 0.6 is 0 Å². The minimum Gasteiger partial charge on any atom is -0.290 e. The molecular weight excluding hydrogens is 268 g/mol. The van der Waals surface area contributed by atoms with Gasteiger partial charge in [-0.3, -0.25) is 4.90 Å². The second-order valence-electron chi connectivity index (χ2n) is 5.30. The van der Waals surface area contributed by atoms with Crippen LogP contribution in [-0.4, -0.2) is 10.9 Å². The lowest BCUT2D eigenvalue weighted by Gasteiger charge is -2.29. The average molecular weight is 288 g/mol. The van der Waals surface area contributed by atoms with Crippen molar-refractivity contribution in [1.29, 1.82) is 5.26 Å². The SMILES string of the molecule is C#CCC(CC#N)N(Cc1ccccc1)Cc1ccccc1. The number of hydrogen-bond acceptors (Lipinski definition) is 2. The molecule has 1 unspecified atom stereocenters. The topological polar surface area (TPSA) is 27.0 Å². The molecule has 0 saturated carbocycles. The van der Waals surface area contributed by atoms with Crippen LogP contribution in [-0.2, 0) is 13.1 Å². The Morgan fingerprint density at radius 1 is 0.864 bits per heavy atom. The van der Waals surface area contributed by atoms with Crippen LogP contribution in [0.1, 0.15) is 24.0 Å². The largest absolute Gasteiger partial charge is 0.290 e. The normalized spacial score (nSPS) is 11.6. The Hall–Kier alpha value is -2.55. The number of terminal acetylenes is 1. The minimum atomic E-state index is 0.0791. The molecule has 0 heterocycles. The molecule has 0 fully saturated rings. The number of hydrogen-bond donors (Lipinski definition) is 0. The van der Waals surface area contributed by atoms with E-state index in [0.29, 0.717) is 12.8 Å². The molecule has 2 aromatic rings. The Bertz CT molecular complexity index is 577. The molecule has 0 spiro atoms. The van der Waals surface area contributed by atoms with Gasteiger partial charge in [-0.05, 0) is 11.1 Å². The molecule has 0 aromatic heterocycles. The third-order valence-corrected chi connectivity index (χ3v) is 3.65. The highest BCUT2D eigenvalue weighted by Crippen LogP contribution is 2.17. The van der Waals surface area contributed by atoms with Crippen molar-refractivity contribution in [3.05, 3.63) is 71.8 Å². The van der Waals surface area contributed by atoms with Crippen molar-refractivity contribution in [3.63, 3.8) is 0 Å². The molecule has 2 heteroatoms. The first-order valence-electron chi connectivity index (χ1n) is 7.46. The van der Waals surface area contributed by atoms with E-state index in [2.05, 4.69) is 41.2 Å². The zero-order chi connectivity index (χ0) is 15.6. The van der Waals surface area contributed by atoms with Crippen molar-refractivity contribution >= 4 is 0 Å². The summed E-state index contributed by atoms with van der Waals surface area (Å²) in [7, 11) is 0. The van der Waals surface area contributed by atoms with Crippen LogP contribution in [0.2, 0.25) is 0 Å². The van der Waals surface area contributed by atoms with Gasteiger partial charge >= 0.3 is 0 Å². The van der Waals surface area contributed by atoms with Crippen LogP contribution in [0, 0.1) is 23.7 Å². The van der Waals surface area contributed by atoms with E-state index in [-0.39, 0.29) is 6.04 Å². The summed E-state index contributed by atoms with van der Waals surface area (Å²) in [6.07, 6.45) is 6.54. The lowest BCUT2D eigenvalue weighted by atomic mass is 10.1. The van der Waals surface area contributed by atoms with Gasteiger partial charge in [0.15, 0.2) is 0 Å². The van der Waals surface area contributed by atoms with E-state index in [1.807, 2.05) is 36.4 Å². The smallest absolute Gasteiger partial charge is 0.0638 e. The van der Waals surface area contributed by atoms with Crippen LogP contribution in [0.15, 0.2) is 60.7 Å². The molecule has 2 rings (SSSR count). The Morgan fingerprint density at radius 2 is 1.36 bits per heavy atom. The van der Waals surface area contributed by atoms with Crippen molar-refractivity contribution in [2.24, 2.45) is 0 Å². The van der Waals surface area contributed by atoms with Gasteiger partial charge in [0.05, 0.1) is 12.5 Å². The molecule has 0 aliphatic heterocycles. The first kappa shape index (κ1) is 15.8. The van der Waals surface area contributed by atoms with Crippen LogP contribution in [0.3, 0.4) is 0 Å². The lowest BCUT2D eigenvalue weighted by molar-refractivity contribution is 0.182. The van der Waals surface area contributed by atoms with Gasteiger partial charge < -0.3 is 0 Å². The summed E-state index contributed by atoms with van der Waals surface area (Å²) in [5.74, 6) is 2.71. The van der Waals surface area contributed by atoms with Gasteiger partial charge in [-0.1, -0.05) is 60.7 Å². The van der Waals surface area contributed by atoms with Crippen LogP contribution in [0.25, 0.3) is 0 Å². The van der Waals surface area contributed by atoms with Crippen LogP contribution < -0.4 is 0 Å². The molecule has 0 saturated heterocycles. The summed E-state index contributed by atoms with van der Waals surface area (Å²) in [5.41, 5.74) is 2.47. The van der Waals surface area contributed by atoms with Crippen LogP contribution in [0.4, 0.5) is 0 Å². The Kier molecular flexibility index (Phi) is 6.24. The Labute approximate surface area is 133 Å². The fraction of sp³-hybridized carbons (Fsp3) is 0.250. The zero-order valence-electron chi connectivity index (χ0n) is 12.7. The summed E-state index contributed by atoms with van der Waals surface area (Å²) in [4.78, 5) is 2.30. The maximum atomic E-state index is 9.10. The van der Waals surface area contributed by atoms with Gasteiger partial charge in [-0.25, -0.2) is 0 Å². The molecule has 0 aliphatic carbocycles.